The summed E-state index contributed by atoms with van der Waals surface area (Å²) < 4.78 is 0. The van der Waals surface area contributed by atoms with Gasteiger partial charge in [-0.2, -0.15) is 0 Å². The predicted octanol–water partition coefficient (Wildman–Crippen LogP) is 2.32. The number of amides is 1. The smallest absolute Gasteiger partial charge is 0.227 e. The molecule has 3 heteroatoms. The quantitative estimate of drug-likeness (QED) is 0.801. The first-order valence-electron chi connectivity index (χ1n) is 5.64. The topological polar surface area (TPSA) is 29.1 Å². The number of halogens is 1. The van der Waals surface area contributed by atoms with Gasteiger partial charge in [-0.05, 0) is 23.5 Å². The van der Waals surface area contributed by atoms with E-state index in [1.807, 2.05) is 25.1 Å². The monoisotopic (exact) mass is 237 g/mol. The lowest BCUT2D eigenvalue weighted by molar-refractivity contribution is -0.123. The van der Waals surface area contributed by atoms with Gasteiger partial charge in [0.05, 0.1) is 5.92 Å². The summed E-state index contributed by atoms with van der Waals surface area (Å²) in [4.78, 5) is 11.9. The van der Waals surface area contributed by atoms with Crippen molar-refractivity contribution in [2.24, 2.45) is 5.92 Å². The normalized spacial score (nSPS) is 19.5. The Morgan fingerprint density at radius 3 is 3.00 bits per heavy atom. The van der Waals surface area contributed by atoms with E-state index < -0.39 is 0 Å². The first kappa shape index (κ1) is 11.5. The van der Waals surface area contributed by atoms with Crippen LogP contribution in [0.3, 0.4) is 0 Å². The zero-order chi connectivity index (χ0) is 11.5. The molecule has 0 bridgehead atoms. The van der Waals surface area contributed by atoms with Crippen LogP contribution in [0.1, 0.15) is 24.0 Å². The summed E-state index contributed by atoms with van der Waals surface area (Å²) in [7, 11) is 0. The predicted molar refractivity (Wildman–Crippen MR) is 65.8 cm³/mol. The lowest BCUT2D eigenvalue weighted by Crippen LogP contribution is -2.37. The highest BCUT2D eigenvalue weighted by atomic mass is 35.5. The van der Waals surface area contributed by atoms with E-state index >= 15 is 0 Å². The molecule has 2 atom stereocenters. The summed E-state index contributed by atoms with van der Waals surface area (Å²) in [5.41, 5.74) is 2.48. The highest BCUT2D eigenvalue weighted by Crippen LogP contribution is 2.34. The molecule has 2 rings (SSSR count). The van der Waals surface area contributed by atoms with Crippen molar-refractivity contribution in [2.75, 3.05) is 12.4 Å². The van der Waals surface area contributed by atoms with Crippen molar-refractivity contribution < 1.29 is 4.79 Å². The molecule has 1 aromatic carbocycles. The standard InChI is InChI=1S/C13H16ClNO/c1-9(7-14)8-15-13(16)12-6-10-4-2-3-5-11(10)12/h2-5,9,12H,6-8H2,1H3,(H,15,16). The molecule has 0 fully saturated rings. The second kappa shape index (κ2) is 4.88. The molecule has 1 N–H and O–H groups in total. The molecule has 0 saturated carbocycles. The Morgan fingerprint density at radius 1 is 1.56 bits per heavy atom. The number of carbonyl (C=O) groups is 1. The zero-order valence-electron chi connectivity index (χ0n) is 9.37. The van der Waals surface area contributed by atoms with E-state index in [1.54, 1.807) is 0 Å². The number of alkyl halides is 1. The van der Waals surface area contributed by atoms with Gasteiger partial charge in [-0.15, -0.1) is 11.6 Å². The number of rotatable bonds is 4. The van der Waals surface area contributed by atoms with Crippen molar-refractivity contribution in [3.8, 4) is 0 Å². The third-order valence-corrected chi connectivity index (χ3v) is 3.59. The highest BCUT2D eigenvalue weighted by Gasteiger charge is 2.31. The van der Waals surface area contributed by atoms with Crippen molar-refractivity contribution in [3.05, 3.63) is 35.4 Å². The maximum Gasteiger partial charge on any atom is 0.227 e. The highest BCUT2D eigenvalue weighted by molar-refractivity contribution is 6.18. The van der Waals surface area contributed by atoms with Gasteiger partial charge < -0.3 is 5.32 Å². The number of hydrogen-bond donors (Lipinski definition) is 1. The van der Waals surface area contributed by atoms with Crippen LogP contribution >= 0.6 is 11.6 Å². The van der Waals surface area contributed by atoms with E-state index in [2.05, 4.69) is 11.4 Å². The fourth-order valence-corrected chi connectivity index (χ4v) is 2.05. The zero-order valence-corrected chi connectivity index (χ0v) is 10.1. The molecule has 0 aromatic heterocycles. The number of benzene rings is 1. The molecule has 0 aliphatic heterocycles. The van der Waals surface area contributed by atoms with Gasteiger partial charge in [0.2, 0.25) is 5.91 Å². The van der Waals surface area contributed by atoms with Crippen LogP contribution in [0.2, 0.25) is 0 Å². The van der Waals surface area contributed by atoms with Crippen LogP contribution in [-0.2, 0) is 11.2 Å². The van der Waals surface area contributed by atoms with E-state index in [9.17, 15) is 4.79 Å². The van der Waals surface area contributed by atoms with Crippen LogP contribution in [-0.4, -0.2) is 18.3 Å². The van der Waals surface area contributed by atoms with Gasteiger partial charge in [0.25, 0.3) is 0 Å². The Labute approximate surface area is 101 Å². The van der Waals surface area contributed by atoms with Crippen LogP contribution in [0, 0.1) is 5.92 Å². The molecular weight excluding hydrogens is 222 g/mol. The summed E-state index contributed by atoms with van der Waals surface area (Å²) in [6.45, 7) is 2.70. The van der Waals surface area contributed by atoms with E-state index in [0.29, 0.717) is 18.3 Å². The fourth-order valence-electron chi connectivity index (χ4n) is 1.95. The maximum absolute atomic E-state index is 11.9. The van der Waals surface area contributed by atoms with E-state index in [-0.39, 0.29) is 11.8 Å². The van der Waals surface area contributed by atoms with Crippen LogP contribution in [0.25, 0.3) is 0 Å². The molecule has 1 aliphatic rings. The number of fused-ring (bicyclic) bond motifs is 1. The van der Waals surface area contributed by atoms with Gasteiger partial charge in [-0.1, -0.05) is 31.2 Å². The Morgan fingerprint density at radius 2 is 2.31 bits per heavy atom. The first-order valence-corrected chi connectivity index (χ1v) is 6.17. The van der Waals surface area contributed by atoms with E-state index in [4.69, 9.17) is 11.6 Å². The van der Waals surface area contributed by atoms with Gasteiger partial charge >= 0.3 is 0 Å². The Kier molecular flexibility index (Phi) is 3.49. The largest absolute Gasteiger partial charge is 0.355 e. The minimum absolute atomic E-state index is 0.0544. The summed E-state index contributed by atoms with van der Waals surface area (Å²) >= 11 is 5.69. The average Bonchev–Trinajstić information content (AvgIpc) is 2.27. The van der Waals surface area contributed by atoms with Gasteiger partial charge in [0.1, 0.15) is 0 Å². The Hall–Kier alpha value is -1.02. The molecule has 1 amide bonds. The van der Waals surface area contributed by atoms with Crippen molar-refractivity contribution in [1.29, 1.82) is 0 Å². The molecule has 1 aliphatic carbocycles. The van der Waals surface area contributed by atoms with Crippen LogP contribution in [0.4, 0.5) is 0 Å². The van der Waals surface area contributed by atoms with Crippen LogP contribution < -0.4 is 5.32 Å². The lowest BCUT2D eigenvalue weighted by Gasteiger charge is -2.29. The van der Waals surface area contributed by atoms with Gasteiger partial charge in [0, 0.05) is 12.4 Å². The third kappa shape index (κ3) is 2.22. The molecule has 2 nitrogen and oxygen atoms in total. The fraction of sp³-hybridized carbons (Fsp3) is 0.462. The Bertz CT molecular complexity index is 391. The van der Waals surface area contributed by atoms with Crippen LogP contribution in [0.5, 0.6) is 0 Å². The minimum atomic E-state index is 0.0544. The third-order valence-electron chi connectivity index (χ3n) is 3.06. The molecule has 0 saturated heterocycles. The van der Waals surface area contributed by atoms with E-state index in [1.165, 1.54) is 11.1 Å². The minimum Gasteiger partial charge on any atom is -0.355 e. The summed E-state index contributed by atoms with van der Waals surface area (Å²) in [5, 5.41) is 2.95. The number of hydrogen-bond acceptors (Lipinski definition) is 1. The van der Waals surface area contributed by atoms with Crippen LogP contribution in [0.15, 0.2) is 24.3 Å². The first-order chi connectivity index (χ1) is 7.72. The summed E-state index contributed by atoms with van der Waals surface area (Å²) in [6.07, 6.45) is 0.872. The second-order valence-corrected chi connectivity index (χ2v) is 4.77. The number of carbonyl (C=O) groups excluding carboxylic acids is 1. The molecular formula is C13H16ClNO. The molecule has 2 unspecified atom stereocenters. The molecule has 0 spiro atoms. The van der Waals surface area contributed by atoms with Gasteiger partial charge in [-0.3, -0.25) is 4.79 Å². The van der Waals surface area contributed by atoms with E-state index in [0.717, 1.165) is 6.42 Å². The summed E-state index contributed by atoms with van der Waals surface area (Å²) in [5.74, 6) is 1.11. The molecule has 16 heavy (non-hydrogen) atoms. The Balaban J connectivity index is 1.90. The van der Waals surface area contributed by atoms with Gasteiger partial charge in [-0.25, -0.2) is 0 Å². The molecule has 86 valence electrons. The second-order valence-electron chi connectivity index (χ2n) is 4.46. The average molecular weight is 238 g/mol. The van der Waals surface area contributed by atoms with Crippen molar-refractivity contribution in [1.82, 2.24) is 5.32 Å². The lowest BCUT2D eigenvalue weighted by atomic mass is 9.77. The molecule has 1 aromatic rings. The molecule has 0 heterocycles. The van der Waals surface area contributed by atoms with Crippen molar-refractivity contribution in [3.63, 3.8) is 0 Å². The van der Waals surface area contributed by atoms with Crippen molar-refractivity contribution in [2.45, 2.75) is 19.3 Å². The molecule has 0 radical (unpaired) electrons. The van der Waals surface area contributed by atoms with Gasteiger partial charge in [0.15, 0.2) is 0 Å². The van der Waals surface area contributed by atoms with Crippen molar-refractivity contribution >= 4 is 17.5 Å². The summed E-state index contributed by atoms with van der Waals surface area (Å²) in [6, 6.07) is 8.12. The number of nitrogens with one attached hydrogen (secondary N) is 1. The SMILES string of the molecule is CC(CCl)CNC(=O)C1Cc2ccccc21. The maximum atomic E-state index is 11.9.